The number of carbonyl (C=O) groups is 1. The van der Waals surface area contributed by atoms with Gasteiger partial charge in [-0.3, -0.25) is 9.78 Å². The van der Waals surface area contributed by atoms with Crippen molar-refractivity contribution in [1.82, 2.24) is 15.0 Å². The standard InChI is InChI=1S/C21H29N3O4/c1-4-19-21(15(2)23-28-19)18-7-5-6-17(22-18)16-8-10-24(11-9-16)20(25)14-27-13-12-26-3/h5-7,16H,4,8-14H2,1-3H3. The molecule has 0 atom stereocenters. The second-order valence-electron chi connectivity index (χ2n) is 7.07. The van der Waals surface area contributed by atoms with Gasteiger partial charge in [-0.05, 0) is 31.9 Å². The Morgan fingerprint density at radius 1 is 1.29 bits per heavy atom. The van der Waals surface area contributed by atoms with E-state index in [0.717, 1.165) is 60.8 Å². The maximum absolute atomic E-state index is 12.2. The number of methoxy groups -OCH3 is 1. The monoisotopic (exact) mass is 387 g/mol. The third kappa shape index (κ3) is 4.77. The summed E-state index contributed by atoms with van der Waals surface area (Å²) in [5.74, 6) is 1.27. The lowest BCUT2D eigenvalue weighted by Crippen LogP contribution is -2.40. The molecule has 1 fully saturated rings. The third-order valence-electron chi connectivity index (χ3n) is 5.20. The Labute approximate surface area is 166 Å². The molecule has 1 saturated heterocycles. The normalized spacial score (nSPS) is 15.2. The van der Waals surface area contributed by atoms with Crippen LogP contribution in [0, 0.1) is 6.92 Å². The first-order chi connectivity index (χ1) is 13.6. The third-order valence-corrected chi connectivity index (χ3v) is 5.20. The van der Waals surface area contributed by atoms with Crippen molar-refractivity contribution >= 4 is 5.91 Å². The number of rotatable bonds is 8. The fourth-order valence-electron chi connectivity index (χ4n) is 3.62. The molecule has 0 radical (unpaired) electrons. The summed E-state index contributed by atoms with van der Waals surface area (Å²) in [6, 6.07) is 6.14. The van der Waals surface area contributed by atoms with Gasteiger partial charge in [0, 0.05) is 38.2 Å². The lowest BCUT2D eigenvalue weighted by molar-refractivity contribution is -0.137. The molecular weight excluding hydrogens is 358 g/mol. The molecule has 28 heavy (non-hydrogen) atoms. The van der Waals surface area contributed by atoms with Crippen molar-refractivity contribution in [3.8, 4) is 11.3 Å². The van der Waals surface area contributed by atoms with Gasteiger partial charge in [0.05, 0.1) is 30.2 Å². The summed E-state index contributed by atoms with van der Waals surface area (Å²) in [5.41, 5.74) is 3.86. The fraction of sp³-hybridized carbons (Fsp3) is 0.571. The van der Waals surface area contributed by atoms with E-state index in [0.29, 0.717) is 19.1 Å². The number of likely N-dealkylation sites (tertiary alicyclic amines) is 1. The first-order valence-electron chi connectivity index (χ1n) is 9.91. The summed E-state index contributed by atoms with van der Waals surface area (Å²) in [5, 5.41) is 4.09. The first-order valence-corrected chi connectivity index (χ1v) is 9.91. The predicted molar refractivity (Wildman–Crippen MR) is 105 cm³/mol. The average molecular weight is 387 g/mol. The van der Waals surface area contributed by atoms with E-state index in [9.17, 15) is 4.79 Å². The van der Waals surface area contributed by atoms with Crippen molar-refractivity contribution in [2.24, 2.45) is 0 Å². The topological polar surface area (TPSA) is 77.7 Å². The minimum Gasteiger partial charge on any atom is -0.382 e. The van der Waals surface area contributed by atoms with Crippen LogP contribution in [0.4, 0.5) is 0 Å². The highest BCUT2D eigenvalue weighted by molar-refractivity contribution is 5.77. The molecule has 2 aromatic heterocycles. The molecular formula is C21H29N3O4. The zero-order chi connectivity index (χ0) is 19.9. The number of amides is 1. The second-order valence-corrected chi connectivity index (χ2v) is 7.07. The first kappa shape index (κ1) is 20.5. The van der Waals surface area contributed by atoms with Gasteiger partial charge in [0.2, 0.25) is 5.91 Å². The van der Waals surface area contributed by atoms with Gasteiger partial charge < -0.3 is 18.9 Å². The van der Waals surface area contributed by atoms with Crippen LogP contribution in [0.3, 0.4) is 0 Å². The highest BCUT2D eigenvalue weighted by Gasteiger charge is 2.25. The molecule has 7 heteroatoms. The van der Waals surface area contributed by atoms with Crippen LogP contribution in [0.1, 0.15) is 42.8 Å². The Kier molecular flexibility index (Phi) is 7.17. The van der Waals surface area contributed by atoms with Crippen LogP contribution in [0.5, 0.6) is 0 Å². The molecule has 0 unspecified atom stereocenters. The Balaban J connectivity index is 1.61. The number of aromatic nitrogens is 2. The van der Waals surface area contributed by atoms with Crippen molar-refractivity contribution in [2.45, 2.75) is 39.0 Å². The summed E-state index contributed by atoms with van der Waals surface area (Å²) in [4.78, 5) is 19.0. The quantitative estimate of drug-likeness (QED) is 0.648. The molecule has 152 valence electrons. The summed E-state index contributed by atoms with van der Waals surface area (Å²) in [6.07, 6.45) is 2.60. The zero-order valence-corrected chi connectivity index (χ0v) is 16.9. The number of pyridine rings is 1. The van der Waals surface area contributed by atoms with Gasteiger partial charge in [0.15, 0.2) is 0 Å². The van der Waals surface area contributed by atoms with Gasteiger partial charge in [-0.15, -0.1) is 0 Å². The number of carbonyl (C=O) groups excluding carboxylic acids is 1. The molecule has 2 aromatic rings. The van der Waals surface area contributed by atoms with Crippen molar-refractivity contribution in [3.63, 3.8) is 0 Å². The van der Waals surface area contributed by atoms with E-state index < -0.39 is 0 Å². The maximum atomic E-state index is 12.2. The molecule has 3 heterocycles. The van der Waals surface area contributed by atoms with E-state index in [1.807, 2.05) is 24.0 Å². The Hall–Kier alpha value is -2.25. The second kappa shape index (κ2) is 9.80. The Morgan fingerprint density at radius 2 is 2.07 bits per heavy atom. The molecule has 1 amide bonds. The molecule has 0 saturated carbocycles. The molecule has 1 aliphatic heterocycles. The maximum Gasteiger partial charge on any atom is 0.248 e. The SMILES string of the molecule is CCc1onc(C)c1-c1cccc(C2CCN(C(=O)COCCOC)CC2)n1. The molecule has 0 spiro atoms. The summed E-state index contributed by atoms with van der Waals surface area (Å²) >= 11 is 0. The van der Waals surface area contributed by atoms with Gasteiger partial charge in [0.25, 0.3) is 0 Å². The number of ether oxygens (including phenoxy) is 2. The van der Waals surface area contributed by atoms with Crippen LogP contribution in [0.15, 0.2) is 22.7 Å². The average Bonchev–Trinajstić information content (AvgIpc) is 3.12. The van der Waals surface area contributed by atoms with E-state index >= 15 is 0 Å². The minimum absolute atomic E-state index is 0.0453. The Bertz CT molecular complexity index is 782. The van der Waals surface area contributed by atoms with Crippen LogP contribution >= 0.6 is 0 Å². The van der Waals surface area contributed by atoms with E-state index in [-0.39, 0.29) is 12.5 Å². The summed E-state index contributed by atoms with van der Waals surface area (Å²) in [7, 11) is 1.62. The molecule has 0 N–H and O–H groups in total. The molecule has 0 bridgehead atoms. The molecule has 7 nitrogen and oxygen atoms in total. The number of nitrogens with zero attached hydrogens (tertiary/aromatic N) is 3. The van der Waals surface area contributed by atoms with Crippen LogP contribution in [0.2, 0.25) is 0 Å². The highest BCUT2D eigenvalue weighted by Crippen LogP contribution is 2.31. The molecule has 0 aromatic carbocycles. The van der Waals surface area contributed by atoms with E-state index in [1.165, 1.54) is 0 Å². The van der Waals surface area contributed by atoms with Crippen LogP contribution in [-0.4, -0.2) is 61.0 Å². The predicted octanol–water partition coefficient (Wildman–Crippen LogP) is 2.98. The minimum atomic E-state index is 0.0453. The number of hydrogen-bond acceptors (Lipinski definition) is 6. The van der Waals surface area contributed by atoms with Gasteiger partial charge in [-0.25, -0.2) is 0 Å². The van der Waals surface area contributed by atoms with Crippen molar-refractivity contribution in [1.29, 1.82) is 0 Å². The van der Waals surface area contributed by atoms with Gasteiger partial charge >= 0.3 is 0 Å². The Morgan fingerprint density at radius 3 is 2.79 bits per heavy atom. The van der Waals surface area contributed by atoms with Crippen LogP contribution < -0.4 is 0 Å². The van der Waals surface area contributed by atoms with E-state index in [2.05, 4.69) is 18.1 Å². The van der Waals surface area contributed by atoms with E-state index in [1.54, 1.807) is 7.11 Å². The largest absolute Gasteiger partial charge is 0.382 e. The van der Waals surface area contributed by atoms with Crippen molar-refractivity contribution < 1.29 is 18.8 Å². The number of aryl methyl sites for hydroxylation is 2. The smallest absolute Gasteiger partial charge is 0.248 e. The summed E-state index contributed by atoms with van der Waals surface area (Å²) < 4.78 is 15.7. The van der Waals surface area contributed by atoms with E-state index in [4.69, 9.17) is 19.0 Å². The van der Waals surface area contributed by atoms with Crippen LogP contribution in [-0.2, 0) is 20.7 Å². The van der Waals surface area contributed by atoms with Gasteiger partial charge in [-0.2, -0.15) is 0 Å². The van der Waals surface area contributed by atoms with Gasteiger partial charge in [0.1, 0.15) is 12.4 Å². The summed E-state index contributed by atoms with van der Waals surface area (Å²) in [6.45, 7) is 6.53. The van der Waals surface area contributed by atoms with Gasteiger partial charge in [-0.1, -0.05) is 18.1 Å². The highest BCUT2D eigenvalue weighted by atomic mass is 16.5. The lowest BCUT2D eigenvalue weighted by Gasteiger charge is -2.31. The van der Waals surface area contributed by atoms with Crippen molar-refractivity contribution in [3.05, 3.63) is 35.3 Å². The van der Waals surface area contributed by atoms with Crippen molar-refractivity contribution in [2.75, 3.05) is 40.0 Å². The number of hydrogen-bond donors (Lipinski definition) is 0. The molecule has 0 aliphatic carbocycles. The zero-order valence-electron chi connectivity index (χ0n) is 16.9. The molecule has 3 rings (SSSR count). The molecule has 1 aliphatic rings. The van der Waals surface area contributed by atoms with Crippen LogP contribution in [0.25, 0.3) is 11.3 Å². The fourth-order valence-corrected chi connectivity index (χ4v) is 3.62. The lowest BCUT2D eigenvalue weighted by atomic mass is 9.92. The number of piperidine rings is 1.